The number of hydrogen-bond donors (Lipinski definition) is 1. The number of nitrogens with one attached hydrogen (secondary N) is 1. The van der Waals surface area contributed by atoms with Crippen molar-refractivity contribution in [1.82, 2.24) is 9.97 Å². The lowest BCUT2D eigenvalue weighted by Crippen LogP contribution is -2.12. The van der Waals surface area contributed by atoms with E-state index in [9.17, 15) is 37.8 Å². The van der Waals surface area contributed by atoms with Crippen LogP contribution in [0.2, 0.25) is 5.02 Å². The van der Waals surface area contributed by atoms with Crippen molar-refractivity contribution in [3.8, 4) is 0 Å². The molecule has 2 rings (SSSR count). The summed E-state index contributed by atoms with van der Waals surface area (Å²) in [5.41, 5.74) is -5.49. The Bertz CT molecular complexity index is 1000. The first-order valence-electron chi connectivity index (χ1n) is 7.90. The molecule has 0 aliphatic carbocycles. The molecule has 0 aliphatic rings. The molecule has 2 aromatic rings. The van der Waals surface area contributed by atoms with E-state index in [1.165, 1.54) is 6.92 Å². The van der Waals surface area contributed by atoms with Crippen LogP contribution in [0.3, 0.4) is 0 Å². The van der Waals surface area contributed by atoms with Crippen molar-refractivity contribution in [1.29, 1.82) is 0 Å². The van der Waals surface area contributed by atoms with Gasteiger partial charge in [-0.3, -0.25) is 20.2 Å². The summed E-state index contributed by atoms with van der Waals surface area (Å²) in [6.07, 6.45) is -4.73. The van der Waals surface area contributed by atoms with E-state index in [1.807, 2.05) is 0 Å². The molecule has 0 saturated heterocycles. The van der Waals surface area contributed by atoms with E-state index in [1.54, 1.807) is 6.92 Å². The molecule has 0 atom stereocenters. The first kappa shape index (κ1) is 22.2. The topological polar surface area (TPSA) is 124 Å². The van der Waals surface area contributed by atoms with E-state index in [0.717, 1.165) is 0 Å². The van der Waals surface area contributed by atoms with E-state index in [2.05, 4.69) is 15.3 Å². The minimum atomic E-state index is -5.18. The summed E-state index contributed by atoms with van der Waals surface area (Å²) < 4.78 is 53.6. The molecule has 1 aromatic heterocycles. The largest absolute Gasteiger partial charge is 0.418 e. The van der Waals surface area contributed by atoms with E-state index >= 15 is 0 Å². The third-order valence-corrected chi connectivity index (χ3v) is 4.10. The number of alkyl halides is 3. The quantitative estimate of drug-likeness (QED) is 0.288. The van der Waals surface area contributed by atoms with Crippen LogP contribution >= 0.6 is 11.6 Å². The fourth-order valence-electron chi connectivity index (χ4n) is 2.53. The van der Waals surface area contributed by atoms with Crippen LogP contribution in [0.4, 0.5) is 40.4 Å². The molecule has 0 fully saturated rings. The van der Waals surface area contributed by atoms with Gasteiger partial charge in [0.25, 0.3) is 0 Å². The summed E-state index contributed by atoms with van der Waals surface area (Å²) in [7, 11) is 0. The van der Waals surface area contributed by atoms with Gasteiger partial charge in [0.05, 0.1) is 15.4 Å². The maximum absolute atomic E-state index is 14.2. The average molecular weight is 438 g/mol. The molecule has 0 saturated carbocycles. The molecule has 1 N–H and O–H groups in total. The van der Waals surface area contributed by atoms with Gasteiger partial charge in [0.1, 0.15) is 16.7 Å². The molecule has 1 heterocycles. The first-order chi connectivity index (χ1) is 13.4. The van der Waals surface area contributed by atoms with Gasteiger partial charge < -0.3 is 5.32 Å². The number of nitro groups is 2. The van der Waals surface area contributed by atoms with Crippen LogP contribution in [0.1, 0.15) is 30.3 Å². The van der Waals surface area contributed by atoms with Crippen molar-refractivity contribution in [3.63, 3.8) is 0 Å². The second-order valence-electron chi connectivity index (χ2n) is 5.76. The smallest absolute Gasteiger partial charge is 0.328 e. The van der Waals surface area contributed by atoms with E-state index in [4.69, 9.17) is 11.6 Å². The summed E-state index contributed by atoms with van der Waals surface area (Å²) in [5.74, 6) is -1.42. The minimum Gasteiger partial charge on any atom is -0.328 e. The van der Waals surface area contributed by atoms with Crippen molar-refractivity contribution < 1.29 is 27.4 Å². The van der Waals surface area contributed by atoms with Gasteiger partial charge in [0, 0.05) is 11.6 Å². The summed E-state index contributed by atoms with van der Waals surface area (Å²) in [6.45, 7) is 2.98. The lowest BCUT2D eigenvalue weighted by molar-refractivity contribution is -0.392. The third-order valence-electron chi connectivity index (χ3n) is 3.71. The number of anilines is 2. The molecule has 1 aromatic carbocycles. The van der Waals surface area contributed by atoms with Gasteiger partial charge in [-0.1, -0.05) is 24.9 Å². The minimum absolute atomic E-state index is 0.0599. The molecule has 0 spiro atoms. The molecule has 0 radical (unpaired) electrons. The Morgan fingerprint density at radius 3 is 2.31 bits per heavy atom. The second kappa shape index (κ2) is 8.11. The summed E-state index contributed by atoms with van der Waals surface area (Å²) in [4.78, 5) is 27.6. The Hall–Kier alpha value is -3.09. The summed E-state index contributed by atoms with van der Waals surface area (Å²) >= 11 is 5.57. The number of aryl methyl sites for hydroxylation is 1. The lowest BCUT2D eigenvalue weighted by Gasteiger charge is -2.15. The monoisotopic (exact) mass is 437 g/mol. The Morgan fingerprint density at radius 2 is 1.83 bits per heavy atom. The maximum atomic E-state index is 14.2. The van der Waals surface area contributed by atoms with Crippen molar-refractivity contribution >= 4 is 34.5 Å². The number of hydrogen-bond acceptors (Lipinski definition) is 7. The number of halogens is 5. The van der Waals surface area contributed by atoms with Gasteiger partial charge in [-0.2, -0.15) is 17.6 Å². The van der Waals surface area contributed by atoms with Crippen molar-refractivity contribution in [2.45, 2.75) is 32.9 Å². The van der Waals surface area contributed by atoms with Crippen molar-refractivity contribution in [2.75, 3.05) is 5.32 Å². The molecule has 0 unspecified atom stereocenters. The van der Waals surface area contributed by atoms with Crippen LogP contribution in [0.15, 0.2) is 6.07 Å². The molecule has 0 bridgehead atoms. The molecule has 29 heavy (non-hydrogen) atoms. The van der Waals surface area contributed by atoms with Crippen molar-refractivity contribution in [3.05, 3.63) is 54.2 Å². The average Bonchev–Trinajstić information content (AvgIpc) is 2.56. The van der Waals surface area contributed by atoms with Gasteiger partial charge in [-0.05, 0) is 13.3 Å². The van der Waals surface area contributed by atoms with Gasteiger partial charge in [-0.25, -0.2) is 9.97 Å². The number of aromatic nitrogens is 2. The van der Waals surface area contributed by atoms with Gasteiger partial charge >= 0.3 is 17.6 Å². The van der Waals surface area contributed by atoms with Crippen LogP contribution in [-0.2, 0) is 12.6 Å². The lowest BCUT2D eigenvalue weighted by atomic mass is 10.1. The standard InChI is InChI=1S/C15H12ClF4N5O4/c1-3-4-7-13(17)21-6(2)22-14(7)23-11-9(24(26)27)5-8(15(18,19)20)10(16)12(11)25(28)29/h5H,3-4H2,1-2H3,(H,21,22,23). The zero-order chi connectivity index (χ0) is 22.1. The maximum Gasteiger partial charge on any atom is 0.418 e. The first-order valence-corrected chi connectivity index (χ1v) is 8.28. The van der Waals surface area contributed by atoms with Crippen LogP contribution < -0.4 is 5.32 Å². The summed E-state index contributed by atoms with van der Waals surface area (Å²) in [5, 5.41) is 23.6. The molecule has 0 aliphatic heterocycles. The molecular weight excluding hydrogens is 426 g/mol. The fourth-order valence-corrected chi connectivity index (χ4v) is 2.86. The number of nitrogens with zero attached hydrogens (tertiary/aromatic N) is 4. The van der Waals surface area contributed by atoms with Crippen LogP contribution in [0.5, 0.6) is 0 Å². The number of benzene rings is 1. The van der Waals surface area contributed by atoms with Gasteiger partial charge in [0.15, 0.2) is 5.69 Å². The Labute approximate surface area is 165 Å². The van der Waals surface area contributed by atoms with E-state index in [-0.39, 0.29) is 29.7 Å². The van der Waals surface area contributed by atoms with E-state index < -0.39 is 49.6 Å². The molecule has 14 heteroatoms. The Balaban J connectivity index is 2.85. The molecule has 0 amide bonds. The highest BCUT2D eigenvalue weighted by atomic mass is 35.5. The molecular formula is C15H12ClF4N5O4. The highest BCUT2D eigenvalue weighted by Crippen LogP contribution is 2.48. The predicted molar refractivity (Wildman–Crippen MR) is 93.8 cm³/mol. The predicted octanol–water partition coefficient (Wildman–Crippen LogP) is 5.11. The highest BCUT2D eigenvalue weighted by Gasteiger charge is 2.42. The van der Waals surface area contributed by atoms with E-state index in [0.29, 0.717) is 6.42 Å². The van der Waals surface area contributed by atoms with Gasteiger partial charge in [0.2, 0.25) is 5.95 Å². The fraction of sp³-hybridized carbons (Fsp3) is 0.333. The third kappa shape index (κ3) is 4.50. The normalized spacial score (nSPS) is 11.4. The number of nitro benzene ring substituents is 2. The Morgan fingerprint density at radius 1 is 1.21 bits per heavy atom. The highest BCUT2D eigenvalue weighted by molar-refractivity contribution is 6.34. The zero-order valence-electron chi connectivity index (χ0n) is 14.8. The Kier molecular flexibility index (Phi) is 6.21. The van der Waals surface area contributed by atoms with Gasteiger partial charge in [-0.15, -0.1) is 0 Å². The molecule has 156 valence electrons. The second-order valence-corrected chi connectivity index (χ2v) is 6.13. The number of rotatable bonds is 6. The zero-order valence-corrected chi connectivity index (χ0v) is 15.6. The molecule has 9 nitrogen and oxygen atoms in total. The van der Waals surface area contributed by atoms with Crippen LogP contribution in [-0.4, -0.2) is 19.8 Å². The van der Waals surface area contributed by atoms with Crippen LogP contribution in [0, 0.1) is 33.1 Å². The SMILES string of the molecule is CCCc1c(F)nc(C)nc1Nc1c([N+](=O)[O-])cc(C(F)(F)F)c(Cl)c1[N+](=O)[O-]. The van der Waals surface area contributed by atoms with Crippen LogP contribution in [0.25, 0.3) is 0 Å². The van der Waals surface area contributed by atoms with Crippen molar-refractivity contribution in [2.24, 2.45) is 0 Å². The summed E-state index contributed by atoms with van der Waals surface area (Å²) in [6, 6.07) is 0.0710.